The fourth-order valence-corrected chi connectivity index (χ4v) is 3.46. The summed E-state index contributed by atoms with van der Waals surface area (Å²) in [5.41, 5.74) is 9.76. The number of nitrogens with one attached hydrogen (secondary N) is 1. The average molecular weight is 332 g/mol. The average Bonchev–Trinajstić information content (AvgIpc) is 2.84. The minimum atomic E-state index is -0.228. The van der Waals surface area contributed by atoms with Gasteiger partial charge in [0.15, 0.2) is 5.13 Å². The molecule has 0 aliphatic rings. The number of nitrogen functional groups attached to an aromatic ring is 1. The Labute approximate surface area is 136 Å². The third-order valence-corrected chi connectivity index (χ3v) is 4.84. The summed E-state index contributed by atoms with van der Waals surface area (Å²) in [6.45, 7) is 3.89. The van der Waals surface area contributed by atoms with E-state index in [4.69, 9.17) is 17.3 Å². The quantitative estimate of drug-likeness (QED) is 0.731. The summed E-state index contributed by atoms with van der Waals surface area (Å²) in [6.07, 6.45) is 0. The Kier molecular flexibility index (Phi) is 3.76. The molecule has 6 heteroatoms. The standard InChI is InChI=1S/C16H14ClN3OS/c1-8-7-12-14(22-16(18)19-12)9(2)13(8)20-15(21)10-5-3-4-6-11(10)17/h3-7H,1-2H3,(H2,18,19)(H,20,21). The van der Waals surface area contributed by atoms with E-state index in [1.807, 2.05) is 19.9 Å². The van der Waals surface area contributed by atoms with E-state index >= 15 is 0 Å². The van der Waals surface area contributed by atoms with E-state index in [1.54, 1.807) is 24.3 Å². The minimum absolute atomic E-state index is 0.228. The lowest BCUT2D eigenvalue weighted by molar-refractivity contribution is 0.102. The van der Waals surface area contributed by atoms with Crippen molar-refractivity contribution in [1.29, 1.82) is 0 Å². The van der Waals surface area contributed by atoms with Gasteiger partial charge in [0.2, 0.25) is 0 Å². The van der Waals surface area contributed by atoms with Crippen molar-refractivity contribution in [1.82, 2.24) is 4.98 Å². The Hall–Kier alpha value is -2.11. The molecule has 0 aliphatic carbocycles. The fraction of sp³-hybridized carbons (Fsp3) is 0.125. The third kappa shape index (κ3) is 2.53. The minimum Gasteiger partial charge on any atom is -0.375 e. The van der Waals surface area contributed by atoms with Crippen molar-refractivity contribution in [2.75, 3.05) is 11.1 Å². The van der Waals surface area contributed by atoms with Gasteiger partial charge in [0, 0.05) is 5.69 Å². The molecule has 0 radical (unpaired) electrons. The van der Waals surface area contributed by atoms with E-state index < -0.39 is 0 Å². The zero-order valence-electron chi connectivity index (χ0n) is 12.1. The molecule has 0 spiro atoms. The lowest BCUT2D eigenvalue weighted by Gasteiger charge is -2.13. The van der Waals surface area contributed by atoms with Gasteiger partial charge in [-0.15, -0.1) is 0 Å². The van der Waals surface area contributed by atoms with Gasteiger partial charge >= 0.3 is 0 Å². The maximum absolute atomic E-state index is 12.4. The Morgan fingerprint density at radius 3 is 2.77 bits per heavy atom. The monoisotopic (exact) mass is 331 g/mol. The number of aromatic nitrogens is 1. The molecule has 0 saturated heterocycles. The van der Waals surface area contributed by atoms with Crippen LogP contribution in [0.3, 0.4) is 0 Å². The largest absolute Gasteiger partial charge is 0.375 e. The first-order chi connectivity index (χ1) is 10.5. The van der Waals surface area contributed by atoms with E-state index in [0.29, 0.717) is 15.7 Å². The highest BCUT2D eigenvalue weighted by molar-refractivity contribution is 7.22. The van der Waals surface area contributed by atoms with Crippen molar-refractivity contribution < 1.29 is 4.79 Å². The molecule has 0 saturated carbocycles. The molecule has 1 amide bonds. The van der Waals surface area contributed by atoms with Crippen molar-refractivity contribution in [2.45, 2.75) is 13.8 Å². The zero-order chi connectivity index (χ0) is 15.9. The third-order valence-electron chi connectivity index (χ3n) is 3.49. The second-order valence-corrected chi connectivity index (χ2v) is 6.47. The Balaban J connectivity index is 2.04. The Bertz CT molecular complexity index is 888. The number of halogens is 1. The topological polar surface area (TPSA) is 68.0 Å². The van der Waals surface area contributed by atoms with Crippen LogP contribution in [0.2, 0.25) is 5.02 Å². The molecule has 3 N–H and O–H groups in total. The summed E-state index contributed by atoms with van der Waals surface area (Å²) in [5, 5.41) is 3.90. The van der Waals surface area contributed by atoms with Gasteiger partial charge in [-0.1, -0.05) is 35.1 Å². The first-order valence-electron chi connectivity index (χ1n) is 6.69. The molecule has 22 heavy (non-hydrogen) atoms. The molecule has 0 bridgehead atoms. The van der Waals surface area contributed by atoms with Gasteiger partial charge in [-0.3, -0.25) is 4.79 Å². The molecule has 3 aromatic rings. The van der Waals surface area contributed by atoms with Crippen LogP contribution in [-0.4, -0.2) is 10.9 Å². The van der Waals surface area contributed by atoms with Crippen LogP contribution < -0.4 is 11.1 Å². The van der Waals surface area contributed by atoms with Crippen molar-refractivity contribution in [3.8, 4) is 0 Å². The number of anilines is 2. The van der Waals surface area contributed by atoms with Gasteiger partial charge in [0.05, 0.1) is 20.8 Å². The van der Waals surface area contributed by atoms with Gasteiger partial charge < -0.3 is 11.1 Å². The summed E-state index contributed by atoms with van der Waals surface area (Å²) in [6, 6.07) is 8.90. The highest BCUT2D eigenvalue weighted by Gasteiger charge is 2.16. The number of carbonyl (C=O) groups is 1. The van der Waals surface area contributed by atoms with E-state index in [1.165, 1.54) is 11.3 Å². The molecule has 4 nitrogen and oxygen atoms in total. The number of benzene rings is 2. The fourth-order valence-electron chi connectivity index (χ4n) is 2.42. The number of thiazole rings is 1. The molecular weight excluding hydrogens is 318 g/mol. The number of hydrogen-bond donors (Lipinski definition) is 2. The number of aryl methyl sites for hydroxylation is 2. The molecule has 0 unspecified atom stereocenters. The van der Waals surface area contributed by atoms with Gasteiger partial charge in [0.25, 0.3) is 5.91 Å². The van der Waals surface area contributed by atoms with Crippen LogP contribution in [0.5, 0.6) is 0 Å². The van der Waals surface area contributed by atoms with Crippen LogP contribution in [0.15, 0.2) is 30.3 Å². The van der Waals surface area contributed by atoms with E-state index in [9.17, 15) is 4.79 Å². The van der Waals surface area contributed by atoms with Gasteiger partial charge in [0.1, 0.15) is 0 Å². The van der Waals surface area contributed by atoms with Crippen LogP contribution in [-0.2, 0) is 0 Å². The normalized spacial score (nSPS) is 10.9. The maximum Gasteiger partial charge on any atom is 0.257 e. The van der Waals surface area contributed by atoms with Crippen molar-refractivity contribution in [3.05, 3.63) is 52.0 Å². The zero-order valence-corrected chi connectivity index (χ0v) is 13.7. The number of carbonyl (C=O) groups excluding carboxylic acids is 1. The number of rotatable bonds is 2. The number of amides is 1. The summed E-state index contributed by atoms with van der Waals surface area (Å²) >= 11 is 7.49. The molecule has 112 valence electrons. The number of fused-ring (bicyclic) bond motifs is 1. The van der Waals surface area contributed by atoms with Crippen molar-refractivity contribution in [3.63, 3.8) is 0 Å². The smallest absolute Gasteiger partial charge is 0.257 e. The lowest BCUT2D eigenvalue weighted by atomic mass is 10.1. The van der Waals surface area contributed by atoms with Crippen LogP contribution in [0, 0.1) is 13.8 Å². The van der Waals surface area contributed by atoms with Crippen LogP contribution >= 0.6 is 22.9 Å². The molecule has 2 aromatic carbocycles. The van der Waals surface area contributed by atoms with Gasteiger partial charge in [-0.05, 0) is 43.2 Å². The van der Waals surface area contributed by atoms with Crippen LogP contribution in [0.4, 0.5) is 10.8 Å². The van der Waals surface area contributed by atoms with Crippen molar-refractivity contribution >= 4 is 49.9 Å². The maximum atomic E-state index is 12.4. The SMILES string of the molecule is Cc1cc2nc(N)sc2c(C)c1NC(=O)c1ccccc1Cl. The first kappa shape index (κ1) is 14.8. The summed E-state index contributed by atoms with van der Waals surface area (Å²) in [5.74, 6) is -0.228. The second kappa shape index (κ2) is 5.59. The number of nitrogens with two attached hydrogens (primary N) is 1. The molecular formula is C16H14ClN3OS. The molecule has 0 fully saturated rings. The number of nitrogens with zero attached hydrogens (tertiary/aromatic N) is 1. The predicted octanol–water partition coefficient (Wildman–Crippen LogP) is 4.40. The highest BCUT2D eigenvalue weighted by Crippen LogP contribution is 2.34. The molecule has 1 heterocycles. The molecule has 0 atom stereocenters. The predicted molar refractivity (Wildman–Crippen MR) is 92.9 cm³/mol. The van der Waals surface area contributed by atoms with Crippen LogP contribution in [0.1, 0.15) is 21.5 Å². The lowest BCUT2D eigenvalue weighted by Crippen LogP contribution is -2.14. The van der Waals surface area contributed by atoms with Gasteiger partial charge in [-0.25, -0.2) is 4.98 Å². The molecule has 3 rings (SSSR count). The summed E-state index contributed by atoms with van der Waals surface area (Å²) in [4.78, 5) is 16.7. The van der Waals surface area contributed by atoms with E-state index in [2.05, 4.69) is 10.3 Å². The van der Waals surface area contributed by atoms with E-state index in [0.717, 1.165) is 27.0 Å². The summed E-state index contributed by atoms with van der Waals surface area (Å²) < 4.78 is 0.984. The first-order valence-corrected chi connectivity index (χ1v) is 7.89. The second-order valence-electron chi connectivity index (χ2n) is 5.03. The number of hydrogen-bond acceptors (Lipinski definition) is 4. The highest BCUT2D eigenvalue weighted by atomic mass is 35.5. The summed E-state index contributed by atoms with van der Waals surface area (Å²) in [7, 11) is 0. The molecule has 1 aromatic heterocycles. The van der Waals surface area contributed by atoms with Crippen molar-refractivity contribution in [2.24, 2.45) is 0 Å². The Morgan fingerprint density at radius 2 is 2.05 bits per heavy atom. The Morgan fingerprint density at radius 1 is 1.32 bits per heavy atom. The molecule has 0 aliphatic heterocycles. The van der Waals surface area contributed by atoms with Gasteiger partial charge in [-0.2, -0.15) is 0 Å². The van der Waals surface area contributed by atoms with Crippen LogP contribution in [0.25, 0.3) is 10.2 Å². The van der Waals surface area contributed by atoms with E-state index in [-0.39, 0.29) is 5.91 Å².